The molecule has 92 valence electrons. The van der Waals surface area contributed by atoms with Gasteiger partial charge in [-0.1, -0.05) is 39.5 Å². The van der Waals surface area contributed by atoms with Gasteiger partial charge in [-0.2, -0.15) is 0 Å². The van der Waals surface area contributed by atoms with E-state index in [1.165, 1.54) is 37.9 Å². The van der Waals surface area contributed by atoms with Crippen molar-refractivity contribution in [1.29, 1.82) is 0 Å². The molecule has 2 aliphatic rings. The van der Waals surface area contributed by atoms with Gasteiger partial charge in [-0.15, -0.1) is 0 Å². The van der Waals surface area contributed by atoms with Crippen LogP contribution < -0.4 is 10.6 Å². The number of fused-ring (bicyclic) bond motifs is 1. The molecule has 0 spiro atoms. The second-order valence-corrected chi connectivity index (χ2v) is 5.24. The summed E-state index contributed by atoms with van der Waals surface area (Å²) >= 11 is 0. The van der Waals surface area contributed by atoms with Crippen LogP contribution in [0.5, 0.6) is 0 Å². The van der Waals surface area contributed by atoms with Crippen LogP contribution in [0.2, 0.25) is 0 Å². The van der Waals surface area contributed by atoms with Gasteiger partial charge in [0.15, 0.2) is 0 Å². The van der Waals surface area contributed by atoms with Crippen LogP contribution in [0.1, 0.15) is 46.0 Å². The zero-order chi connectivity index (χ0) is 11.4. The highest BCUT2D eigenvalue weighted by atomic mass is 15.2. The molecule has 3 unspecified atom stereocenters. The first-order chi connectivity index (χ1) is 7.81. The molecule has 0 radical (unpaired) electrons. The van der Waals surface area contributed by atoms with Crippen molar-refractivity contribution in [2.45, 2.75) is 58.0 Å². The molecule has 3 heteroatoms. The highest BCUT2D eigenvalue weighted by Gasteiger charge is 2.33. The van der Waals surface area contributed by atoms with Crippen molar-refractivity contribution in [2.75, 3.05) is 13.1 Å². The minimum atomic E-state index is 0.507. The highest BCUT2D eigenvalue weighted by molar-refractivity contribution is 5.86. The molecule has 0 aliphatic carbocycles. The lowest BCUT2D eigenvalue weighted by Crippen LogP contribution is -2.37. The van der Waals surface area contributed by atoms with Crippen LogP contribution in [-0.2, 0) is 0 Å². The molecule has 2 aliphatic heterocycles. The Kier molecular flexibility index (Phi) is 4.22. The molecule has 3 atom stereocenters. The smallest absolute Gasteiger partial charge is 0.0999 e. The fraction of sp³-hybridized carbons (Fsp3) is 0.923. The molecule has 2 N–H and O–H groups in total. The number of nitrogens with zero attached hydrogens (tertiary/aromatic N) is 1. The summed E-state index contributed by atoms with van der Waals surface area (Å²) in [5.74, 6) is 1.90. The van der Waals surface area contributed by atoms with Gasteiger partial charge in [-0.05, 0) is 6.42 Å². The minimum Gasteiger partial charge on any atom is -0.367 e. The van der Waals surface area contributed by atoms with Crippen molar-refractivity contribution in [3.8, 4) is 0 Å². The molecule has 0 aromatic carbocycles. The molecule has 0 saturated carbocycles. The Hall–Kier alpha value is -0.570. The second kappa shape index (κ2) is 5.67. The number of hydrogen-bond donors (Lipinski definition) is 2. The van der Waals surface area contributed by atoms with Gasteiger partial charge in [0, 0.05) is 19.0 Å². The minimum absolute atomic E-state index is 0.507. The lowest BCUT2D eigenvalue weighted by atomic mass is 10.0. The molecule has 0 amide bonds. The molecular weight excluding hydrogens is 198 g/mol. The van der Waals surface area contributed by atoms with Gasteiger partial charge in [-0.25, -0.2) is 0 Å². The summed E-state index contributed by atoms with van der Waals surface area (Å²) < 4.78 is 0. The number of rotatable bonds is 6. The normalized spacial score (nSPS) is 29.8. The van der Waals surface area contributed by atoms with Gasteiger partial charge < -0.3 is 10.6 Å². The molecule has 1 saturated heterocycles. The first kappa shape index (κ1) is 11.9. The quantitative estimate of drug-likeness (QED) is 0.675. The van der Waals surface area contributed by atoms with Gasteiger partial charge in [-0.3, -0.25) is 4.99 Å². The van der Waals surface area contributed by atoms with Crippen molar-refractivity contribution in [3.05, 3.63) is 0 Å². The van der Waals surface area contributed by atoms with Gasteiger partial charge in [0.05, 0.1) is 17.9 Å². The second-order valence-electron chi connectivity index (χ2n) is 5.24. The van der Waals surface area contributed by atoms with E-state index < -0.39 is 0 Å². The van der Waals surface area contributed by atoms with E-state index in [2.05, 4.69) is 24.5 Å². The highest BCUT2D eigenvalue weighted by Crippen LogP contribution is 2.18. The van der Waals surface area contributed by atoms with Crippen molar-refractivity contribution in [3.63, 3.8) is 0 Å². The van der Waals surface area contributed by atoms with E-state index in [4.69, 9.17) is 4.99 Å². The Labute approximate surface area is 99.1 Å². The van der Waals surface area contributed by atoms with E-state index in [9.17, 15) is 0 Å². The van der Waals surface area contributed by atoms with Gasteiger partial charge >= 0.3 is 0 Å². The number of nitrogens with one attached hydrogen (secondary N) is 2. The van der Waals surface area contributed by atoms with Gasteiger partial charge in [0.1, 0.15) is 0 Å². The third-order valence-corrected chi connectivity index (χ3v) is 3.78. The van der Waals surface area contributed by atoms with E-state index in [1.54, 1.807) is 0 Å². The first-order valence-corrected chi connectivity index (χ1v) is 6.86. The number of hydrogen-bond acceptors (Lipinski definition) is 3. The van der Waals surface area contributed by atoms with Crippen LogP contribution in [0.25, 0.3) is 0 Å². The predicted octanol–water partition coefficient (Wildman–Crippen LogP) is 1.93. The average molecular weight is 223 g/mol. The van der Waals surface area contributed by atoms with E-state index in [0.717, 1.165) is 13.1 Å². The van der Waals surface area contributed by atoms with Crippen LogP contribution in [0.15, 0.2) is 4.99 Å². The number of aliphatic imine (C=N–C) groups is 1. The number of unbranched alkanes of at least 4 members (excludes halogenated alkanes) is 3. The van der Waals surface area contributed by atoms with Crippen LogP contribution >= 0.6 is 0 Å². The van der Waals surface area contributed by atoms with Crippen molar-refractivity contribution >= 4 is 5.84 Å². The van der Waals surface area contributed by atoms with Crippen molar-refractivity contribution in [1.82, 2.24) is 10.6 Å². The first-order valence-electron chi connectivity index (χ1n) is 6.86. The Balaban J connectivity index is 1.71. The molecule has 0 aromatic rings. The molecule has 1 fully saturated rings. The van der Waals surface area contributed by atoms with Crippen molar-refractivity contribution in [2.24, 2.45) is 10.9 Å². The standard InChI is InChI=1S/C13H25N3/c1-3-4-5-6-7-10(2)13-15-11-8-14-9-12(11)16-13/h10-12,14H,3-9H2,1-2H3,(H,15,16). The molecule has 0 aromatic heterocycles. The summed E-state index contributed by atoms with van der Waals surface area (Å²) in [5, 5.41) is 6.96. The molecular formula is C13H25N3. The predicted molar refractivity (Wildman–Crippen MR) is 68.9 cm³/mol. The lowest BCUT2D eigenvalue weighted by Gasteiger charge is -2.14. The average Bonchev–Trinajstić information content (AvgIpc) is 2.83. The Morgan fingerprint density at radius 2 is 2.19 bits per heavy atom. The third-order valence-electron chi connectivity index (χ3n) is 3.78. The fourth-order valence-electron chi connectivity index (χ4n) is 2.64. The lowest BCUT2D eigenvalue weighted by molar-refractivity contribution is 0.566. The van der Waals surface area contributed by atoms with Crippen LogP contribution in [-0.4, -0.2) is 31.0 Å². The summed E-state index contributed by atoms with van der Waals surface area (Å²) in [4.78, 5) is 4.79. The summed E-state index contributed by atoms with van der Waals surface area (Å²) in [6.45, 7) is 6.72. The van der Waals surface area contributed by atoms with E-state index in [0.29, 0.717) is 18.0 Å². The van der Waals surface area contributed by atoms with Gasteiger partial charge in [0.2, 0.25) is 0 Å². The SMILES string of the molecule is CCCCCCC(C)C1=NC2CNCC2N1. The maximum atomic E-state index is 4.79. The zero-order valence-corrected chi connectivity index (χ0v) is 10.6. The summed E-state index contributed by atoms with van der Waals surface area (Å²) in [5.41, 5.74) is 0. The summed E-state index contributed by atoms with van der Waals surface area (Å²) in [7, 11) is 0. The van der Waals surface area contributed by atoms with Crippen LogP contribution in [0, 0.1) is 5.92 Å². The van der Waals surface area contributed by atoms with Crippen LogP contribution in [0.3, 0.4) is 0 Å². The maximum absolute atomic E-state index is 4.79. The molecule has 3 nitrogen and oxygen atoms in total. The maximum Gasteiger partial charge on any atom is 0.0999 e. The van der Waals surface area contributed by atoms with E-state index in [-0.39, 0.29) is 0 Å². The summed E-state index contributed by atoms with van der Waals surface area (Å²) in [6.07, 6.45) is 6.72. The molecule has 2 heterocycles. The topological polar surface area (TPSA) is 36.4 Å². The molecule has 2 rings (SSSR count). The van der Waals surface area contributed by atoms with E-state index in [1.807, 2.05) is 0 Å². The molecule has 16 heavy (non-hydrogen) atoms. The monoisotopic (exact) mass is 223 g/mol. The Bertz CT molecular complexity index is 250. The summed E-state index contributed by atoms with van der Waals surface area (Å²) in [6, 6.07) is 1.08. The Morgan fingerprint density at radius 3 is 2.94 bits per heavy atom. The third kappa shape index (κ3) is 2.76. The van der Waals surface area contributed by atoms with E-state index >= 15 is 0 Å². The number of amidine groups is 1. The Morgan fingerprint density at radius 1 is 1.31 bits per heavy atom. The largest absolute Gasteiger partial charge is 0.367 e. The zero-order valence-electron chi connectivity index (χ0n) is 10.6. The fourth-order valence-corrected chi connectivity index (χ4v) is 2.64. The van der Waals surface area contributed by atoms with Crippen LogP contribution in [0.4, 0.5) is 0 Å². The van der Waals surface area contributed by atoms with Gasteiger partial charge in [0.25, 0.3) is 0 Å². The van der Waals surface area contributed by atoms with Crippen molar-refractivity contribution < 1.29 is 0 Å². The molecule has 0 bridgehead atoms.